The zero-order chi connectivity index (χ0) is 44.7. The van der Waals surface area contributed by atoms with Crippen LogP contribution in [0.2, 0.25) is 0 Å². The number of fused-ring (bicyclic) bond motifs is 5. The Labute approximate surface area is 353 Å². The van der Waals surface area contributed by atoms with Crippen molar-refractivity contribution in [3.63, 3.8) is 0 Å². The number of Topliss-reactive ketones (excluding diaryl/α,β-unsaturated/α-hetero) is 1. The Morgan fingerprint density at radius 3 is 2.15 bits per heavy atom. The van der Waals surface area contributed by atoms with Gasteiger partial charge in [0.1, 0.15) is 23.9 Å². The Balaban J connectivity index is 1.52. The molecule has 330 valence electrons. The van der Waals surface area contributed by atoms with Gasteiger partial charge in [0.25, 0.3) is 0 Å². The van der Waals surface area contributed by atoms with Crippen molar-refractivity contribution >= 4 is 35.8 Å². The van der Waals surface area contributed by atoms with Crippen molar-refractivity contribution in [2.24, 2.45) is 16.7 Å². The van der Waals surface area contributed by atoms with Crippen LogP contribution in [0.15, 0.2) is 71.8 Å². The maximum atomic E-state index is 15.4. The predicted molar refractivity (Wildman–Crippen MR) is 213 cm³/mol. The van der Waals surface area contributed by atoms with Gasteiger partial charge in [-0.1, -0.05) is 75.7 Å². The number of benzene rings is 2. The van der Waals surface area contributed by atoms with E-state index < -0.39 is 113 Å². The molecule has 2 aromatic rings. The molecule has 3 aliphatic carbocycles. The Bertz CT molecular complexity index is 2050. The highest BCUT2D eigenvalue weighted by Gasteiger charge is 2.78. The minimum absolute atomic E-state index is 0.00729. The molecule has 11 atom stereocenters. The zero-order valence-corrected chi connectivity index (χ0v) is 35.4. The molecule has 4 aliphatic rings. The first-order valence-electron chi connectivity index (χ1n) is 20.5. The molecule has 6 rings (SSSR count). The summed E-state index contributed by atoms with van der Waals surface area (Å²) in [5.74, 6) is -6.27. The van der Waals surface area contributed by atoms with E-state index in [1.54, 1.807) is 62.4 Å². The minimum atomic E-state index is -2.39. The average molecular weight is 850 g/mol. The topological polar surface area (TPSA) is 231 Å². The Kier molecular flexibility index (Phi) is 12.9. The van der Waals surface area contributed by atoms with Gasteiger partial charge in [0, 0.05) is 32.1 Å². The molecule has 2 aromatic carbocycles. The number of hydrogen-bond donors (Lipinski definition) is 4. The summed E-state index contributed by atoms with van der Waals surface area (Å²) in [5.41, 5.74) is -7.32. The molecule has 61 heavy (non-hydrogen) atoms. The molecule has 0 radical (unpaired) electrons. The lowest BCUT2D eigenvalue weighted by Crippen LogP contribution is -2.82. The number of alkyl carbamates (subject to hydrolysis) is 1. The van der Waals surface area contributed by atoms with Crippen LogP contribution >= 0.6 is 0 Å². The van der Waals surface area contributed by atoms with Crippen molar-refractivity contribution in [1.82, 2.24) is 5.32 Å². The monoisotopic (exact) mass is 849 g/mol. The number of aliphatic hydroxyl groups is 3. The highest BCUT2D eigenvalue weighted by molar-refractivity contribution is 5.95. The summed E-state index contributed by atoms with van der Waals surface area (Å²) in [6, 6.07) is 14.6. The van der Waals surface area contributed by atoms with Gasteiger partial charge in [-0.2, -0.15) is 0 Å². The van der Waals surface area contributed by atoms with E-state index in [4.69, 9.17) is 28.4 Å². The molecule has 0 spiro atoms. The first-order chi connectivity index (χ1) is 28.7. The summed E-state index contributed by atoms with van der Waals surface area (Å²) in [6.07, 6.45) is -10.1. The van der Waals surface area contributed by atoms with Crippen molar-refractivity contribution in [3.8, 4) is 0 Å². The molecule has 0 aromatic heterocycles. The number of rotatable bonds is 12. The molecule has 2 saturated carbocycles. The van der Waals surface area contributed by atoms with E-state index in [1.165, 1.54) is 26.0 Å². The molecule has 1 saturated heterocycles. The molecule has 2 bridgehead atoms. The fourth-order valence-electron chi connectivity index (χ4n) is 9.85. The number of hydrogen-bond acceptors (Lipinski definition) is 15. The van der Waals surface area contributed by atoms with E-state index in [0.717, 1.165) is 20.3 Å². The lowest BCUT2D eigenvalue weighted by atomic mass is 9.44. The van der Waals surface area contributed by atoms with Crippen molar-refractivity contribution in [3.05, 3.63) is 82.9 Å². The van der Waals surface area contributed by atoms with Crippen LogP contribution in [0.3, 0.4) is 0 Å². The predicted octanol–water partition coefficient (Wildman–Crippen LogP) is 3.83. The van der Waals surface area contributed by atoms with Crippen LogP contribution in [0, 0.1) is 16.7 Å². The number of aliphatic hydroxyl groups excluding tert-OH is 2. The second kappa shape index (κ2) is 17.3. The van der Waals surface area contributed by atoms with Crippen LogP contribution in [-0.4, -0.2) is 112 Å². The Morgan fingerprint density at radius 2 is 1.57 bits per heavy atom. The number of carbonyl (C=O) groups excluding carboxylic acids is 6. The summed E-state index contributed by atoms with van der Waals surface area (Å²) in [6.45, 7) is 9.95. The lowest BCUT2D eigenvalue weighted by Gasteiger charge is -2.67. The van der Waals surface area contributed by atoms with Crippen molar-refractivity contribution < 1.29 is 72.5 Å². The fraction of sp³-hybridized carbons (Fsp3) is 0.556. The molecule has 1 heterocycles. The second-order valence-corrected chi connectivity index (χ2v) is 17.1. The van der Waals surface area contributed by atoms with E-state index in [2.05, 4.69) is 5.32 Å². The van der Waals surface area contributed by atoms with E-state index in [1.807, 2.05) is 6.92 Å². The van der Waals surface area contributed by atoms with Gasteiger partial charge in [0.05, 0.1) is 42.3 Å². The van der Waals surface area contributed by atoms with Gasteiger partial charge in [-0.3, -0.25) is 14.4 Å². The number of ketones is 1. The zero-order valence-electron chi connectivity index (χ0n) is 35.4. The second-order valence-electron chi connectivity index (χ2n) is 17.1. The van der Waals surface area contributed by atoms with E-state index in [-0.39, 0.29) is 36.3 Å². The third-order valence-electron chi connectivity index (χ3n) is 13.2. The first kappa shape index (κ1) is 45.4. The Morgan fingerprint density at radius 1 is 0.934 bits per heavy atom. The van der Waals surface area contributed by atoms with Gasteiger partial charge in [-0.05, 0) is 49.1 Å². The SMILES string of the molecule is CCCCOC(=O)N[C@H](c1ccccc1)[C@@H](O)C(=O)O[C@H]1C[C@@]2(O)[C@@H](OC(=O)c3ccccc3)[C@H]3[C@](C)(C(=O)[C@H](OC(C)=O)C(=C1C)C2(C)C)[C@@H](O)CC1OC[C@]13OC(C)=O. The van der Waals surface area contributed by atoms with Crippen LogP contribution in [-0.2, 0) is 47.6 Å². The van der Waals surface area contributed by atoms with E-state index >= 15 is 4.79 Å². The quantitative estimate of drug-likeness (QED) is 0.103. The normalized spacial score (nSPS) is 32.2. The van der Waals surface area contributed by atoms with Crippen LogP contribution in [0.1, 0.15) is 96.1 Å². The smallest absolute Gasteiger partial charge is 0.407 e. The molecule has 1 amide bonds. The number of amides is 1. The molecular weight excluding hydrogens is 794 g/mol. The fourth-order valence-corrected chi connectivity index (χ4v) is 9.85. The van der Waals surface area contributed by atoms with E-state index in [0.29, 0.717) is 12.0 Å². The summed E-state index contributed by atoms with van der Waals surface area (Å²) in [5, 5.41) is 39.9. The number of esters is 4. The lowest BCUT2D eigenvalue weighted by molar-refractivity contribution is -0.346. The standard InChI is InChI=1S/C45H55NO15/c1-8-9-20-56-41(54)46-33(27-16-12-10-13-17-27)34(50)40(53)59-29-22-45(55)38(60-39(52)28-18-14-11-15-19-28)36-43(7,30(49)21-31-44(36,23-57-31)61-26(4)48)37(51)35(58-25(3)47)32(24(29)2)42(45,5)6/h10-19,29-31,33-36,38,49-50,55H,8-9,20-23H2,1-7H3,(H,46,54)/t29-,30-,31?,33+,34+,35+,36-,38-,43+,44-,45+/m0/s1. The van der Waals surface area contributed by atoms with Crippen LogP contribution < -0.4 is 5.32 Å². The number of carbonyl (C=O) groups is 6. The number of ether oxygens (including phenoxy) is 6. The molecule has 3 fully saturated rings. The molecule has 16 nitrogen and oxygen atoms in total. The molecule has 1 unspecified atom stereocenters. The van der Waals surface area contributed by atoms with Gasteiger partial charge in [0.2, 0.25) is 0 Å². The summed E-state index contributed by atoms with van der Waals surface area (Å²) in [4.78, 5) is 82.7. The van der Waals surface area contributed by atoms with Gasteiger partial charge < -0.3 is 49.1 Å². The van der Waals surface area contributed by atoms with Gasteiger partial charge in [0.15, 0.2) is 23.6 Å². The third-order valence-corrected chi connectivity index (χ3v) is 13.2. The van der Waals surface area contributed by atoms with Crippen molar-refractivity contribution in [2.75, 3.05) is 13.2 Å². The van der Waals surface area contributed by atoms with Gasteiger partial charge >= 0.3 is 30.0 Å². The number of unbranched alkanes of at least 4 members (excludes halogenated alkanes) is 1. The third kappa shape index (κ3) is 7.94. The molecule has 4 N–H and O–H groups in total. The summed E-state index contributed by atoms with van der Waals surface area (Å²) in [7, 11) is 0. The Hall–Kier alpha value is -5.16. The maximum Gasteiger partial charge on any atom is 0.407 e. The van der Waals surface area contributed by atoms with Crippen molar-refractivity contribution in [1.29, 1.82) is 0 Å². The van der Waals surface area contributed by atoms with Gasteiger partial charge in [-0.15, -0.1) is 0 Å². The average Bonchev–Trinajstić information content (AvgIpc) is 3.21. The first-order valence-corrected chi connectivity index (χ1v) is 20.5. The number of nitrogens with one attached hydrogen (secondary N) is 1. The summed E-state index contributed by atoms with van der Waals surface area (Å²) < 4.78 is 35.4. The van der Waals surface area contributed by atoms with Crippen molar-refractivity contribution in [2.45, 2.75) is 128 Å². The van der Waals surface area contributed by atoms with E-state index in [9.17, 15) is 39.3 Å². The maximum absolute atomic E-state index is 15.4. The molecule has 1 aliphatic heterocycles. The molecule has 16 heteroatoms. The van der Waals surface area contributed by atoms with Gasteiger partial charge in [-0.25, -0.2) is 14.4 Å². The highest BCUT2D eigenvalue weighted by Crippen LogP contribution is 2.64. The van der Waals surface area contributed by atoms with Crippen LogP contribution in [0.4, 0.5) is 4.79 Å². The summed E-state index contributed by atoms with van der Waals surface area (Å²) >= 11 is 0. The molecular formula is C45H55NO15. The van der Waals surface area contributed by atoms with Crippen LogP contribution in [0.5, 0.6) is 0 Å². The van der Waals surface area contributed by atoms with Crippen LogP contribution in [0.25, 0.3) is 0 Å². The highest BCUT2D eigenvalue weighted by atomic mass is 16.6. The largest absolute Gasteiger partial charge is 0.456 e. The minimum Gasteiger partial charge on any atom is -0.456 e.